The fraction of sp³-hybridized carbons (Fsp3) is 0.182. The number of hydrogen-bond acceptors (Lipinski definition) is 5. The Morgan fingerprint density at radius 3 is 2.40 bits per heavy atom. The normalized spacial score (nSPS) is 12.1. The van der Waals surface area contributed by atoms with Crippen LogP contribution in [0.5, 0.6) is 5.75 Å². The van der Waals surface area contributed by atoms with Crippen LogP contribution in [-0.4, -0.2) is 33.5 Å². The number of carbonyl (C=O) groups is 1. The van der Waals surface area contributed by atoms with Gasteiger partial charge in [-0.1, -0.05) is 18.2 Å². The van der Waals surface area contributed by atoms with E-state index in [1.165, 1.54) is 38.4 Å². The summed E-state index contributed by atoms with van der Waals surface area (Å²) >= 11 is 0. The fourth-order valence-electron chi connectivity index (χ4n) is 2.95. The van der Waals surface area contributed by atoms with E-state index in [9.17, 15) is 13.2 Å². The summed E-state index contributed by atoms with van der Waals surface area (Å²) in [6, 6.07) is 16.1. The number of nitrogens with one attached hydrogen (secondary N) is 1. The molecule has 0 bridgehead atoms. The van der Waals surface area contributed by atoms with Gasteiger partial charge in [0.15, 0.2) is 0 Å². The third kappa shape index (κ3) is 4.44. The molecule has 0 unspecified atom stereocenters. The smallest absolute Gasteiger partial charge is 0.264 e. The highest BCUT2D eigenvalue weighted by atomic mass is 32.2. The highest BCUT2D eigenvalue weighted by molar-refractivity contribution is 7.92. The number of benzene rings is 2. The number of ether oxygens (including phenoxy) is 1. The first-order chi connectivity index (χ1) is 14.3. The Morgan fingerprint density at radius 2 is 1.77 bits per heavy atom. The van der Waals surface area contributed by atoms with Crippen LogP contribution in [0.4, 0.5) is 5.69 Å². The van der Waals surface area contributed by atoms with Crippen molar-refractivity contribution in [3.05, 3.63) is 84.2 Å². The molecule has 0 saturated heterocycles. The number of amides is 1. The summed E-state index contributed by atoms with van der Waals surface area (Å²) in [6.45, 7) is 1.86. The van der Waals surface area contributed by atoms with Crippen LogP contribution in [0.1, 0.15) is 28.9 Å². The molecule has 0 aliphatic carbocycles. The second-order valence-electron chi connectivity index (χ2n) is 6.65. The Balaban J connectivity index is 1.78. The second kappa shape index (κ2) is 8.96. The number of carbonyl (C=O) groups excluding carboxylic acids is 1. The summed E-state index contributed by atoms with van der Waals surface area (Å²) in [6.07, 6.45) is 3.35. The van der Waals surface area contributed by atoms with Gasteiger partial charge >= 0.3 is 0 Å². The van der Waals surface area contributed by atoms with Gasteiger partial charge < -0.3 is 10.1 Å². The van der Waals surface area contributed by atoms with E-state index in [1.54, 1.807) is 42.7 Å². The third-order valence-corrected chi connectivity index (χ3v) is 6.52. The standard InChI is InChI=1S/C22H23N3O4S/c1-16(18-7-6-14-23-15-18)24-22(26)17-10-12-19(13-11-17)30(27,28)25(2)20-8-4-5-9-21(20)29-3/h4-16H,1-3H3,(H,24,26)/t16-/m0/s1. The molecular weight excluding hydrogens is 402 g/mol. The molecule has 0 spiro atoms. The molecule has 0 aliphatic rings. The van der Waals surface area contributed by atoms with Gasteiger partial charge in [0.2, 0.25) is 0 Å². The van der Waals surface area contributed by atoms with Gasteiger partial charge in [0.05, 0.1) is 23.7 Å². The summed E-state index contributed by atoms with van der Waals surface area (Å²) < 4.78 is 32.4. The number of anilines is 1. The molecule has 1 aromatic heterocycles. The van der Waals surface area contributed by atoms with Gasteiger partial charge in [-0.05, 0) is 55.0 Å². The molecule has 156 valence electrons. The zero-order valence-electron chi connectivity index (χ0n) is 16.9. The molecule has 30 heavy (non-hydrogen) atoms. The van der Waals surface area contributed by atoms with Gasteiger partial charge in [-0.25, -0.2) is 8.42 Å². The number of rotatable bonds is 7. The number of pyridine rings is 1. The lowest BCUT2D eigenvalue weighted by Crippen LogP contribution is -2.28. The van der Waals surface area contributed by atoms with Gasteiger partial charge in [-0.15, -0.1) is 0 Å². The van der Waals surface area contributed by atoms with Gasteiger partial charge in [0.1, 0.15) is 5.75 Å². The molecule has 3 rings (SSSR count). The van der Waals surface area contributed by atoms with Crippen molar-refractivity contribution in [3.63, 3.8) is 0 Å². The Morgan fingerprint density at radius 1 is 1.07 bits per heavy atom. The SMILES string of the molecule is COc1ccccc1N(C)S(=O)(=O)c1ccc(C(=O)N[C@@H](C)c2cccnc2)cc1. The molecule has 2 aromatic carbocycles. The lowest BCUT2D eigenvalue weighted by molar-refractivity contribution is 0.0939. The quantitative estimate of drug-likeness (QED) is 0.627. The van der Waals surface area contributed by atoms with Crippen molar-refractivity contribution in [2.75, 3.05) is 18.5 Å². The molecule has 1 N–H and O–H groups in total. The van der Waals surface area contributed by atoms with E-state index in [0.29, 0.717) is 17.0 Å². The zero-order chi connectivity index (χ0) is 21.7. The van der Waals surface area contributed by atoms with Crippen LogP contribution < -0.4 is 14.4 Å². The lowest BCUT2D eigenvalue weighted by Gasteiger charge is -2.21. The first-order valence-corrected chi connectivity index (χ1v) is 10.7. The Labute approximate surface area is 176 Å². The molecule has 3 aromatic rings. The van der Waals surface area contributed by atoms with Crippen LogP contribution in [0.2, 0.25) is 0 Å². The van der Waals surface area contributed by atoms with Crippen molar-refractivity contribution in [2.24, 2.45) is 0 Å². The van der Waals surface area contributed by atoms with Gasteiger partial charge in [-0.2, -0.15) is 0 Å². The molecule has 1 atom stereocenters. The summed E-state index contributed by atoms with van der Waals surface area (Å²) in [5.74, 6) is 0.150. The number of para-hydroxylation sites is 2. The lowest BCUT2D eigenvalue weighted by atomic mass is 10.1. The minimum Gasteiger partial charge on any atom is -0.495 e. The number of hydrogen-bond donors (Lipinski definition) is 1. The monoisotopic (exact) mass is 425 g/mol. The maximum Gasteiger partial charge on any atom is 0.264 e. The summed E-state index contributed by atoms with van der Waals surface area (Å²) in [5, 5.41) is 2.88. The third-order valence-electron chi connectivity index (χ3n) is 4.73. The van der Waals surface area contributed by atoms with E-state index < -0.39 is 10.0 Å². The topological polar surface area (TPSA) is 88.6 Å². The van der Waals surface area contributed by atoms with E-state index in [4.69, 9.17) is 4.74 Å². The molecular formula is C22H23N3O4S. The number of methoxy groups -OCH3 is 1. The molecule has 0 saturated carbocycles. The minimum absolute atomic E-state index is 0.0766. The zero-order valence-corrected chi connectivity index (χ0v) is 17.8. The van der Waals surface area contributed by atoms with E-state index in [-0.39, 0.29) is 16.8 Å². The van der Waals surface area contributed by atoms with Gasteiger partial charge in [0.25, 0.3) is 15.9 Å². The molecule has 0 fully saturated rings. The molecule has 8 heteroatoms. The van der Waals surface area contributed by atoms with Gasteiger partial charge in [0, 0.05) is 25.0 Å². The molecule has 0 radical (unpaired) electrons. The van der Waals surface area contributed by atoms with Crippen LogP contribution in [0.3, 0.4) is 0 Å². The van der Waals surface area contributed by atoms with Crippen molar-refractivity contribution in [1.29, 1.82) is 0 Å². The van der Waals surface area contributed by atoms with E-state index in [0.717, 1.165) is 9.87 Å². The number of aromatic nitrogens is 1. The van der Waals surface area contributed by atoms with E-state index in [1.807, 2.05) is 13.0 Å². The number of sulfonamides is 1. The van der Waals surface area contributed by atoms with Crippen molar-refractivity contribution < 1.29 is 17.9 Å². The average Bonchev–Trinajstić information content (AvgIpc) is 2.79. The van der Waals surface area contributed by atoms with Crippen molar-refractivity contribution in [3.8, 4) is 5.75 Å². The predicted octanol–water partition coefficient (Wildman–Crippen LogP) is 3.41. The second-order valence-corrected chi connectivity index (χ2v) is 8.62. The average molecular weight is 426 g/mol. The van der Waals surface area contributed by atoms with Crippen LogP contribution in [0, 0.1) is 0 Å². The highest BCUT2D eigenvalue weighted by Gasteiger charge is 2.24. The van der Waals surface area contributed by atoms with Crippen LogP contribution >= 0.6 is 0 Å². The van der Waals surface area contributed by atoms with Crippen LogP contribution in [0.15, 0.2) is 78.0 Å². The first kappa shape index (κ1) is 21.3. The minimum atomic E-state index is -3.82. The Bertz CT molecular complexity index is 1120. The van der Waals surface area contributed by atoms with Crippen molar-refractivity contribution in [2.45, 2.75) is 17.9 Å². The molecule has 0 aliphatic heterocycles. The van der Waals surface area contributed by atoms with Crippen LogP contribution in [-0.2, 0) is 10.0 Å². The fourth-order valence-corrected chi connectivity index (χ4v) is 4.16. The maximum atomic E-state index is 13.0. The van der Waals surface area contributed by atoms with Crippen molar-refractivity contribution in [1.82, 2.24) is 10.3 Å². The summed E-state index contributed by atoms with van der Waals surface area (Å²) in [7, 11) is -0.873. The van der Waals surface area contributed by atoms with Crippen molar-refractivity contribution >= 4 is 21.6 Å². The largest absolute Gasteiger partial charge is 0.495 e. The highest BCUT2D eigenvalue weighted by Crippen LogP contribution is 2.30. The molecule has 1 amide bonds. The summed E-state index contributed by atoms with van der Waals surface area (Å²) in [5.41, 5.74) is 1.67. The Kier molecular flexibility index (Phi) is 6.37. The molecule has 7 nitrogen and oxygen atoms in total. The van der Waals surface area contributed by atoms with Gasteiger partial charge in [-0.3, -0.25) is 14.1 Å². The molecule has 1 heterocycles. The van der Waals surface area contributed by atoms with Crippen LogP contribution in [0.25, 0.3) is 0 Å². The van der Waals surface area contributed by atoms with E-state index >= 15 is 0 Å². The Hall–Kier alpha value is -3.39. The first-order valence-electron chi connectivity index (χ1n) is 9.27. The summed E-state index contributed by atoms with van der Waals surface area (Å²) in [4.78, 5) is 16.6. The van der Waals surface area contributed by atoms with E-state index in [2.05, 4.69) is 10.3 Å². The number of nitrogens with zero attached hydrogens (tertiary/aromatic N) is 2. The predicted molar refractivity (Wildman–Crippen MR) is 115 cm³/mol. The maximum absolute atomic E-state index is 13.0.